The third-order valence-electron chi connectivity index (χ3n) is 2.31. The number of unbranched alkanes of at least 4 members (excludes halogenated alkanes) is 4. The number of carbonyl (C=O) groups excluding carboxylic acids is 2. The quantitative estimate of drug-likeness (QED) is 0.296. The number of hydrogen-bond donors (Lipinski definition) is 1. The molecule has 1 N–H and O–H groups in total. The Kier molecular flexibility index (Phi) is 12.1. The number of ether oxygens (including phenoxy) is 1. The maximum Gasteiger partial charge on any atom is 0.326 e. The Morgan fingerprint density at radius 2 is 1.94 bits per heavy atom. The van der Waals surface area contributed by atoms with E-state index in [0.717, 1.165) is 12.8 Å². The second-order valence-corrected chi connectivity index (χ2v) is 4.41. The molecule has 0 bridgehead atoms. The van der Waals surface area contributed by atoms with E-state index in [2.05, 4.69) is 22.1 Å². The number of nitrogens with one attached hydrogen (secondary N) is 1. The van der Waals surface area contributed by atoms with Crippen molar-refractivity contribution < 1.29 is 14.3 Å². The van der Waals surface area contributed by atoms with Crippen molar-refractivity contribution in [2.45, 2.75) is 45.4 Å². The van der Waals surface area contributed by atoms with Crippen LogP contribution >= 0.6 is 22.6 Å². The fourth-order valence-electron chi connectivity index (χ4n) is 1.34. The van der Waals surface area contributed by atoms with Gasteiger partial charge in [-0.25, -0.2) is 0 Å². The molecule has 0 radical (unpaired) electrons. The summed E-state index contributed by atoms with van der Waals surface area (Å²) in [6.45, 7) is 2.16. The Hall–Kier alpha value is -0.770. The molecule has 4 nitrogen and oxygen atoms in total. The molecule has 0 atom stereocenters. The van der Waals surface area contributed by atoms with Crippen LogP contribution in [0, 0.1) is 9.85 Å². The molecule has 0 aliphatic carbocycles. The molecule has 0 aliphatic heterocycles. The average molecular weight is 365 g/mol. The van der Waals surface area contributed by atoms with Gasteiger partial charge in [-0.1, -0.05) is 38.5 Å². The van der Waals surface area contributed by atoms with Gasteiger partial charge in [0.15, 0.2) is 6.61 Å². The molecule has 5 heteroatoms. The van der Waals surface area contributed by atoms with Gasteiger partial charge in [0.1, 0.15) is 6.54 Å². The molecular formula is C13H20INO3. The predicted octanol–water partition coefficient (Wildman–Crippen LogP) is 2.40. The van der Waals surface area contributed by atoms with Gasteiger partial charge in [-0.05, 0) is 10.3 Å². The molecular weight excluding hydrogens is 345 g/mol. The molecule has 0 heterocycles. The zero-order chi connectivity index (χ0) is 13.6. The van der Waals surface area contributed by atoms with Gasteiger partial charge < -0.3 is 10.1 Å². The van der Waals surface area contributed by atoms with Gasteiger partial charge in [-0.2, -0.15) is 0 Å². The number of amides is 1. The van der Waals surface area contributed by atoms with E-state index in [4.69, 9.17) is 4.74 Å². The van der Waals surface area contributed by atoms with E-state index >= 15 is 0 Å². The first-order chi connectivity index (χ1) is 8.70. The second-order valence-electron chi connectivity index (χ2n) is 3.87. The summed E-state index contributed by atoms with van der Waals surface area (Å²) >= 11 is 1.87. The van der Waals surface area contributed by atoms with E-state index in [1.165, 1.54) is 19.3 Å². The van der Waals surface area contributed by atoms with Crippen molar-refractivity contribution >= 4 is 34.5 Å². The number of esters is 1. The van der Waals surface area contributed by atoms with Crippen LogP contribution in [0.5, 0.6) is 0 Å². The summed E-state index contributed by atoms with van der Waals surface area (Å²) in [5, 5.41) is 2.54. The van der Waals surface area contributed by atoms with Crippen molar-refractivity contribution in [2.75, 3.05) is 13.2 Å². The molecule has 0 aromatic rings. The highest BCUT2D eigenvalue weighted by molar-refractivity contribution is 14.1. The van der Waals surface area contributed by atoms with E-state index in [0.29, 0.717) is 6.42 Å². The minimum atomic E-state index is -0.450. The molecule has 0 aromatic heterocycles. The SMILES string of the molecule is CCCCCCCC(=O)NCC(=O)OCC#CI. The predicted molar refractivity (Wildman–Crippen MR) is 79.1 cm³/mol. The number of halogens is 1. The lowest BCUT2D eigenvalue weighted by Crippen LogP contribution is -2.30. The minimum Gasteiger partial charge on any atom is -0.451 e. The van der Waals surface area contributed by atoms with Crippen LogP contribution in [0.25, 0.3) is 0 Å². The smallest absolute Gasteiger partial charge is 0.326 e. The number of carbonyl (C=O) groups is 2. The lowest BCUT2D eigenvalue weighted by Gasteiger charge is -2.04. The van der Waals surface area contributed by atoms with Gasteiger partial charge in [0.05, 0.1) is 0 Å². The van der Waals surface area contributed by atoms with Gasteiger partial charge in [-0.15, -0.1) is 0 Å². The normalized spacial score (nSPS) is 9.22. The Balaban J connectivity index is 3.45. The van der Waals surface area contributed by atoms with Gasteiger partial charge in [0.2, 0.25) is 5.91 Å². The highest BCUT2D eigenvalue weighted by atomic mass is 127. The Bertz CT molecular complexity index is 307. The maximum absolute atomic E-state index is 11.4. The summed E-state index contributed by atoms with van der Waals surface area (Å²) in [6.07, 6.45) is 5.99. The molecule has 18 heavy (non-hydrogen) atoms. The van der Waals surface area contributed by atoms with E-state index in [-0.39, 0.29) is 19.1 Å². The third-order valence-corrected chi connectivity index (χ3v) is 2.69. The van der Waals surface area contributed by atoms with Gasteiger partial charge >= 0.3 is 5.97 Å². The van der Waals surface area contributed by atoms with Crippen LogP contribution < -0.4 is 5.32 Å². The lowest BCUT2D eigenvalue weighted by molar-refractivity contribution is -0.142. The van der Waals surface area contributed by atoms with E-state index in [1.807, 2.05) is 22.6 Å². The second kappa shape index (κ2) is 12.7. The van der Waals surface area contributed by atoms with Crippen LogP contribution in [0.3, 0.4) is 0 Å². The van der Waals surface area contributed by atoms with Gasteiger partial charge in [-0.3, -0.25) is 9.59 Å². The van der Waals surface area contributed by atoms with Crippen molar-refractivity contribution in [1.29, 1.82) is 0 Å². The Morgan fingerprint density at radius 1 is 1.22 bits per heavy atom. The van der Waals surface area contributed by atoms with Crippen molar-refractivity contribution in [3.63, 3.8) is 0 Å². The first-order valence-corrected chi connectivity index (χ1v) is 7.29. The Morgan fingerprint density at radius 3 is 2.61 bits per heavy atom. The monoisotopic (exact) mass is 365 g/mol. The van der Waals surface area contributed by atoms with Crippen LogP contribution in [0.1, 0.15) is 45.4 Å². The van der Waals surface area contributed by atoms with Crippen molar-refractivity contribution in [3.8, 4) is 9.85 Å². The minimum absolute atomic E-state index is 0.0727. The maximum atomic E-state index is 11.4. The molecule has 0 aliphatic rings. The summed E-state index contributed by atoms with van der Waals surface area (Å²) in [7, 11) is 0. The van der Waals surface area contributed by atoms with Crippen molar-refractivity contribution in [1.82, 2.24) is 5.32 Å². The molecule has 0 spiro atoms. The number of rotatable bonds is 9. The van der Waals surface area contributed by atoms with Gasteiger partial charge in [0, 0.05) is 29.0 Å². The van der Waals surface area contributed by atoms with Crippen LogP contribution in [0.15, 0.2) is 0 Å². The Labute approximate surface area is 122 Å². The molecule has 0 fully saturated rings. The van der Waals surface area contributed by atoms with Crippen LogP contribution in [-0.4, -0.2) is 25.0 Å². The molecule has 0 saturated heterocycles. The summed E-state index contributed by atoms with van der Waals surface area (Å²) < 4.78 is 7.35. The van der Waals surface area contributed by atoms with Crippen LogP contribution in [-0.2, 0) is 14.3 Å². The molecule has 0 unspecified atom stereocenters. The third kappa shape index (κ3) is 11.7. The zero-order valence-electron chi connectivity index (χ0n) is 10.8. The van der Waals surface area contributed by atoms with Gasteiger partial charge in [0.25, 0.3) is 0 Å². The van der Waals surface area contributed by atoms with E-state index in [1.54, 1.807) is 0 Å². The largest absolute Gasteiger partial charge is 0.451 e. The molecule has 1 amide bonds. The summed E-state index contributed by atoms with van der Waals surface area (Å²) in [5.41, 5.74) is 0. The lowest BCUT2D eigenvalue weighted by atomic mass is 10.1. The molecule has 0 aromatic carbocycles. The number of hydrogen-bond acceptors (Lipinski definition) is 3. The van der Waals surface area contributed by atoms with E-state index < -0.39 is 5.97 Å². The topological polar surface area (TPSA) is 55.4 Å². The zero-order valence-corrected chi connectivity index (χ0v) is 12.9. The van der Waals surface area contributed by atoms with Crippen LogP contribution in [0.2, 0.25) is 0 Å². The fourth-order valence-corrected chi connectivity index (χ4v) is 1.50. The van der Waals surface area contributed by atoms with Crippen molar-refractivity contribution in [3.05, 3.63) is 0 Å². The molecule has 0 rings (SSSR count). The summed E-state index contributed by atoms with van der Waals surface area (Å²) in [6, 6.07) is 0. The molecule has 102 valence electrons. The summed E-state index contributed by atoms with van der Waals surface area (Å²) in [4.78, 5) is 22.5. The highest BCUT2D eigenvalue weighted by Crippen LogP contribution is 2.04. The van der Waals surface area contributed by atoms with Crippen molar-refractivity contribution in [2.24, 2.45) is 0 Å². The fraction of sp³-hybridized carbons (Fsp3) is 0.692. The van der Waals surface area contributed by atoms with Crippen LogP contribution in [0.4, 0.5) is 0 Å². The average Bonchev–Trinajstić information content (AvgIpc) is 2.36. The molecule has 0 saturated carbocycles. The highest BCUT2D eigenvalue weighted by Gasteiger charge is 2.05. The standard InChI is InChI=1S/C13H20INO3/c1-2-3-4-5-6-8-12(16)15-11-13(17)18-10-7-9-14/h2-6,8,10-11H2,1H3,(H,15,16). The first-order valence-electron chi connectivity index (χ1n) is 6.21. The first kappa shape index (κ1) is 17.2. The summed E-state index contributed by atoms with van der Waals surface area (Å²) in [5.74, 6) is 2.06. The van der Waals surface area contributed by atoms with E-state index in [9.17, 15) is 9.59 Å².